The third-order valence-electron chi connectivity index (χ3n) is 5.55. The number of rotatable bonds is 8. The van der Waals surface area contributed by atoms with E-state index in [9.17, 15) is 10.1 Å². The molecule has 0 spiro atoms. The molecule has 1 heterocycles. The summed E-state index contributed by atoms with van der Waals surface area (Å²) in [6.45, 7) is 5.46. The number of nitrogens with zero attached hydrogens (tertiary/aromatic N) is 3. The average Bonchev–Trinajstić information content (AvgIpc) is 2.83. The number of alkyl carbamates (subject to hydrolysis) is 1. The molecule has 0 radical (unpaired) electrons. The van der Waals surface area contributed by atoms with E-state index in [0.717, 1.165) is 25.7 Å². The van der Waals surface area contributed by atoms with Gasteiger partial charge >= 0.3 is 6.09 Å². The van der Waals surface area contributed by atoms with Crippen LogP contribution in [0.1, 0.15) is 52.0 Å². The second-order valence-electron chi connectivity index (χ2n) is 9.39. The number of nitrogen functional groups attached to an aromatic ring is 1. The van der Waals surface area contributed by atoms with Crippen LogP contribution in [-0.4, -0.2) is 48.0 Å². The summed E-state index contributed by atoms with van der Waals surface area (Å²) in [4.78, 5) is 21.3. The van der Waals surface area contributed by atoms with Gasteiger partial charge in [-0.25, -0.2) is 10.6 Å². The Labute approximate surface area is 210 Å². The Morgan fingerprint density at radius 3 is 2.22 bits per heavy atom. The molecule has 1 fully saturated rings. The van der Waals surface area contributed by atoms with Crippen molar-refractivity contribution in [2.45, 2.75) is 64.1 Å². The van der Waals surface area contributed by atoms with Gasteiger partial charge in [0.1, 0.15) is 28.7 Å². The van der Waals surface area contributed by atoms with Crippen molar-refractivity contribution >= 4 is 29.4 Å². The number of aromatic nitrogens is 2. The minimum absolute atomic E-state index is 0.136. The number of carbonyl (C=O) groups is 1. The lowest BCUT2D eigenvalue weighted by Crippen LogP contribution is -2.50. The van der Waals surface area contributed by atoms with Gasteiger partial charge < -0.3 is 35.6 Å². The predicted molar refractivity (Wildman–Crippen MR) is 136 cm³/mol. The first kappa shape index (κ1) is 26.6. The number of carbonyl (C=O) groups excluding carboxylic acids is 1. The molecule has 1 aliphatic rings. The van der Waals surface area contributed by atoms with Crippen LogP contribution in [0.4, 0.5) is 28.1 Å². The van der Waals surface area contributed by atoms with Crippen LogP contribution in [0.2, 0.25) is 0 Å². The fourth-order valence-corrected chi connectivity index (χ4v) is 3.94. The Morgan fingerprint density at radius 1 is 1.06 bits per heavy atom. The Balaban J connectivity index is 1.88. The Kier molecular flexibility index (Phi) is 8.60. The molecule has 1 aromatic carbocycles. The van der Waals surface area contributed by atoms with Gasteiger partial charge in [-0.2, -0.15) is 15.2 Å². The van der Waals surface area contributed by atoms with E-state index < -0.39 is 11.7 Å². The first-order valence-electron chi connectivity index (χ1n) is 11.7. The highest BCUT2D eigenvalue weighted by Crippen LogP contribution is 2.31. The number of nitrogens with one attached hydrogen (secondary N) is 4. The van der Waals surface area contributed by atoms with E-state index in [0.29, 0.717) is 17.2 Å². The first-order valence-corrected chi connectivity index (χ1v) is 11.7. The van der Waals surface area contributed by atoms with Crippen LogP contribution < -0.4 is 36.7 Å². The van der Waals surface area contributed by atoms with E-state index in [2.05, 4.69) is 37.4 Å². The zero-order valence-electron chi connectivity index (χ0n) is 21.3. The quantitative estimate of drug-likeness (QED) is 0.266. The summed E-state index contributed by atoms with van der Waals surface area (Å²) in [5, 5.41) is 19.2. The summed E-state index contributed by atoms with van der Waals surface area (Å²) in [5.41, 5.74) is 2.61. The SMILES string of the molecule is COc1cc(Nc2nc(N[C@H]3CCCC[C@H]3NC(=O)OC(C)(C)C)nc(NN)c2C#N)cc(OC)c1. The molecule has 1 aromatic heterocycles. The van der Waals surface area contributed by atoms with Crippen molar-refractivity contribution in [2.75, 3.05) is 30.3 Å². The molecule has 36 heavy (non-hydrogen) atoms. The minimum atomic E-state index is -0.594. The zero-order chi connectivity index (χ0) is 26.3. The van der Waals surface area contributed by atoms with Crippen LogP contribution in [0.5, 0.6) is 11.5 Å². The van der Waals surface area contributed by atoms with Crippen molar-refractivity contribution in [3.63, 3.8) is 0 Å². The van der Waals surface area contributed by atoms with Gasteiger partial charge in [0.2, 0.25) is 5.95 Å². The van der Waals surface area contributed by atoms with Gasteiger partial charge in [0.15, 0.2) is 11.6 Å². The first-order chi connectivity index (χ1) is 17.1. The lowest BCUT2D eigenvalue weighted by molar-refractivity contribution is 0.0488. The topological polar surface area (TPSA) is 168 Å². The maximum atomic E-state index is 12.4. The number of amides is 1. The van der Waals surface area contributed by atoms with Crippen molar-refractivity contribution in [2.24, 2.45) is 5.84 Å². The van der Waals surface area contributed by atoms with Crippen molar-refractivity contribution < 1.29 is 19.0 Å². The summed E-state index contributed by atoms with van der Waals surface area (Å²) in [5.74, 6) is 7.45. The monoisotopic (exact) mass is 498 g/mol. The summed E-state index contributed by atoms with van der Waals surface area (Å²) < 4.78 is 16.1. The van der Waals surface area contributed by atoms with Crippen LogP contribution >= 0.6 is 0 Å². The molecule has 1 saturated carbocycles. The second-order valence-corrected chi connectivity index (χ2v) is 9.39. The molecule has 1 aliphatic carbocycles. The molecular formula is C24H34N8O4. The molecular weight excluding hydrogens is 464 g/mol. The van der Waals surface area contributed by atoms with Crippen LogP contribution in [0, 0.1) is 11.3 Å². The molecule has 0 saturated heterocycles. The van der Waals surface area contributed by atoms with Crippen molar-refractivity contribution in [3.05, 3.63) is 23.8 Å². The number of hydrazine groups is 1. The van der Waals surface area contributed by atoms with Gasteiger partial charge in [-0.1, -0.05) is 12.8 Å². The van der Waals surface area contributed by atoms with Crippen molar-refractivity contribution in [1.82, 2.24) is 15.3 Å². The van der Waals surface area contributed by atoms with E-state index in [4.69, 9.17) is 20.1 Å². The average molecular weight is 499 g/mol. The number of benzene rings is 1. The van der Waals surface area contributed by atoms with Crippen LogP contribution in [-0.2, 0) is 4.74 Å². The maximum absolute atomic E-state index is 12.4. The molecule has 6 N–H and O–H groups in total. The van der Waals surface area contributed by atoms with Gasteiger partial charge in [0.05, 0.1) is 20.3 Å². The highest BCUT2D eigenvalue weighted by molar-refractivity contribution is 5.72. The van der Waals surface area contributed by atoms with E-state index >= 15 is 0 Å². The Morgan fingerprint density at radius 2 is 1.67 bits per heavy atom. The molecule has 0 aliphatic heterocycles. The second kappa shape index (κ2) is 11.6. The van der Waals surface area contributed by atoms with E-state index in [1.54, 1.807) is 32.4 Å². The smallest absolute Gasteiger partial charge is 0.407 e. The van der Waals surface area contributed by atoms with Gasteiger partial charge in [-0.15, -0.1) is 0 Å². The van der Waals surface area contributed by atoms with Gasteiger partial charge in [0.25, 0.3) is 0 Å². The zero-order valence-corrected chi connectivity index (χ0v) is 21.3. The van der Waals surface area contributed by atoms with Crippen molar-refractivity contribution in [1.29, 1.82) is 5.26 Å². The van der Waals surface area contributed by atoms with E-state index in [1.165, 1.54) is 0 Å². The predicted octanol–water partition coefficient (Wildman–Crippen LogP) is 3.64. The van der Waals surface area contributed by atoms with Gasteiger partial charge in [-0.05, 0) is 33.6 Å². The number of hydrogen-bond donors (Lipinski definition) is 5. The Bertz CT molecular complexity index is 1090. The van der Waals surface area contributed by atoms with Gasteiger partial charge in [-0.3, -0.25) is 0 Å². The third-order valence-corrected chi connectivity index (χ3v) is 5.55. The Hall–Kier alpha value is -3.98. The largest absolute Gasteiger partial charge is 0.497 e. The van der Waals surface area contributed by atoms with Crippen LogP contribution in [0.25, 0.3) is 0 Å². The normalized spacial score (nSPS) is 17.4. The number of ether oxygens (including phenoxy) is 3. The molecule has 1 amide bonds. The lowest BCUT2D eigenvalue weighted by atomic mass is 9.90. The summed E-state index contributed by atoms with van der Waals surface area (Å²) in [6.07, 6.45) is 3.07. The summed E-state index contributed by atoms with van der Waals surface area (Å²) in [7, 11) is 3.10. The van der Waals surface area contributed by atoms with Gasteiger partial charge in [0, 0.05) is 29.9 Å². The number of nitriles is 1. The van der Waals surface area contributed by atoms with E-state index in [-0.39, 0.29) is 35.2 Å². The molecule has 2 aromatic rings. The number of anilines is 4. The molecule has 0 bridgehead atoms. The highest BCUT2D eigenvalue weighted by Gasteiger charge is 2.29. The molecule has 194 valence electrons. The highest BCUT2D eigenvalue weighted by atomic mass is 16.6. The molecule has 0 unspecified atom stereocenters. The summed E-state index contributed by atoms with van der Waals surface area (Å²) >= 11 is 0. The van der Waals surface area contributed by atoms with Crippen LogP contribution in [0.3, 0.4) is 0 Å². The number of methoxy groups -OCH3 is 2. The third kappa shape index (κ3) is 7.02. The number of hydrogen-bond acceptors (Lipinski definition) is 11. The maximum Gasteiger partial charge on any atom is 0.407 e. The molecule has 2 atom stereocenters. The van der Waals surface area contributed by atoms with Crippen LogP contribution in [0.15, 0.2) is 18.2 Å². The fraction of sp³-hybridized carbons (Fsp3) is 0.500. The fourth-order valence-electron chi connectivity index (χ4n) is 3.94. The molecule has 3 rings (SSSR count). The summed E-state index contributed by atoms with van der Waals surface area (Å²) in [6, 6.07) is 6.99. The minimum Gasteiger partial charge on any atom is -0.497 e. The van der Waals surface area contributed by atoms with Crippen molar-refractivity contribution in [3.8, 4) is 17.6 Å². The molecule has 12 nitrogen and oxygen atoms in total. The molecule has 12 heteroatoms. The van der Waals surface area contributed by atoms with E-state index in [1.807, 2.05) is 20.8 Å². The standard InChI is InChI=1S/C24H34N8O4/c1-24(2,3)36-23(33)29-19-9-7-6-8-18(19)28-22-30-20(17(13-25)21(31-22)32-26)27-14-10-15(34-4)12-16(11-14)35-5/h10-12,18-19H,6-9,26H2,1-5H3,(H,29,33)(H3,27,28,30,31,32)/t18-,19+/m0/s1. The number of nitrogens with two attached hydrogens (primary N) is 1. The lowest BCUT2D eigenvalue weighted by Gasteiger charge is -2.33.